The summed E-state index contributed by atoms with van der Waals surface area (Å²) in [7, 11) is 0. The van der Waals surface area contributed by atoms with Crippen molar-refractivity contribution in [2.45, 2.75) is 26.8 Å². The zero-order valence-electron chi connectivity index (χ0n) is 12.3. The zero-order valence-corrected chi connectivity index (χ0v) is 12.3. The van der Waals surface area contributed by atoms with Crippen molar-refractivity contribution >= 4 is 17.5 Å². The Morgan fingerprint density at radius 3 is 2.59 bits per heavy atom. The molecule has 7 nitrogen and oxygen atoms in total. The maximum atomic E-state index is 12.2. The number of aryl methyl sites for hydroxylation is 1. The Hall–Kier alpha value is -2.83. The number of rotatable bonds is 4. The molecular weight excluding hydrogens is 282 g/mol. The van der Waals surface area contributed by atoms with Crippen LogP contribution in [0.1, 0.15) is 35.1 Å². The second kappa shape index (κ2) is 5.51. The average molecular weight is 297 g/mol. The van der Waals surface area contributed by atoms with Gasteiger partial charge >= 0.3 is 0 Å². The molecule has 1 N–H and O–H groups in total. The van der Waals surface area contributed by atoms with Gasteiger partial charge in [0.1, 0.15) is 5.82 Å². The maximum Gasteiger partial charge on any atom is 0.270 e. The molecule has 0 aliphatic heterocycles. The Kier molecular flexibility index (Phi) is 3.54. The van der Waals surface area contributed by atoms with Gasteiger partial charge in [0.15, 0.2) is 11.5 Å². The van der Waals surface area contributed by atoms with Crippen molar-refractivity contribution in [3.8, 4) is 0 Å². The number of hydrogen-bond donors (Lipinski definition) is 1. The lowest BCUT2D eigenvalue weighted by atomic mass is 10.1. The molecule has 1 aliphatic carbocycles. The quantitative estimate of drug-likeness (QED) is 0.877. The van der Waals surface area contributed by atoms with Gasteiger partial charge in [-0.15, -0.1) is 20.4 Å². The van der Waals surface area contributed by atoms with Crippen LogP contribution in [0.25, 0.3) is 5.76 Å². The van der Waals surface area contributed by atoms with Gasteiger partial charge < -0.3 is 5.11 Å². The number of Topliss-reactive ketones (excluding diaryl/α,β-unsaturated/α-hetero) is 1. The maximum absolute atomic E-state index is 12.2. The number of hydrogen-bond acceptors (Lipinski definition) is 6. The van der Waals surface area contributed by atoms with E-state index >= 15 is 0 Å². The molecule has 0 spiro atoms. The molecule has 0 amide bonds. The van der Waals surface area contributed by atoms with E-state index < -0.39 is 0 Å². The molecule has 0 saturated carbocycles. The Labute approximate surface area is 127 Å². The van der Waals surface area contributed by atoms with Crippen LogP contribution in [0.5, 0.6) is 0 Å². The average Bonchev–Trinajstić information content (AvgIpc) is 2.99. The Morgan fingerprint density at radius 1 is 1.18 bits per heavy atom. The molecule has 1 aromatic heterocycles. The third-order valence-corrected chi connectivity index (χ3v) is 3.47. The fourth-order valence-corrected chi connectivity index (χ4v) is 2.37. The van der Waals surface area contributed by atoms with Crippen LogP contribution in [0.2, 0.25) is 0 Å². The van der Waals surface area contributed by atoms with E-state index in [-0.39, 0.29) is 17.2 Å². The summed E-state index contributed by atoms with van der Waals surface area (Å²) >= 11 is 0. The van der Waals surface area contributed by atoms with Crippen molar-refractivity contribution in [1.29, 1.82) is 0 Å². The second-order valence-electron chi connectivity index (χ2n) is 4.97. The van der Waals surface area contributed by atoms with Crippen LogP contribution in [0.3, 0.4) is 0 Å². The van der Waals surface area contributed by atoms with Crippen LogP contribution in [-0.4, -0.2) is 25.7 Å². The number of aromatic nitrogens is 3. The zero-order chi connectivity index (χ0) is 15.7. The molecule has 0 bridgehead atoms. The van der Waals surface area contributed by atoms with Gasteiger partial charge in [-0.1, -0.05) is 31.2 Å². The summed E-state index contributed by atoms with van der Waals surface area (Å²) in [4.78, 5) is 12.2. The number of aliphatic hydroxyl groups excluding tert-OH is 1. The largest absolute Gasteiger partial charge is 0.505 e. The van der Waals surface area contributed by atoms with Crippen molar-refractivity contribution < 1.29 is 9.90 Å². The van der Waals surface area contributed by atoms with Crippen LogP contribution in [0, 0.1) is 6.92 Å². The van der Waals surface area contributed by atoms with Gasteiger partial charge in [-0.05, 0) is 13.3 Å². The van der Waals surface area contributed by atoms with Gasteiger partial charge in [-0.25, -0.2) is 0 Å². The van der Waals surface area contributed by atoms with Crippen molar-refractivity contribution in [2.75, 3.05) is 0 Å². The van der Waals surface area contributed by atoms with E-state index in [0.29, 0.717) is 23.6 Å². The monoisotopic (exact) mass is 297 g/mol. The number of allylic oxidation sites excluding steroid dienone is 1. The summed E-state index contributed by atoms with van der Waals surface area (Å²) in [5.74, 6) is 0.566. The van der Waals surface area contributed by atoms with Gasteiger partial charge in [0, 0.05) is 17.7 Å². The number of carbonyl (C=O) groups excluding carboxylic acids is 1. The van der Waals surface area contributed by atoms with Gasteiger partial charge in [-0.2, -0.15) is 0 Å². The number of ketones is 1. The normalized spacial score (nSPS) is 14.2. The van der Waals surface area contributed by atoms with E-state index in [2.05, 4.69) is 20.4 Å². The third-order valence-electron chi connectivity index (χ3n) is 3.47. The fourth-order valence-electron chi connectivity index (χ4n) is 2.37. The van der Waals surface area contributed by atoms with Crippen LogP contribution in [0.4, 0.5) is 5.95 Å². The molecule has 0 atom stereocenters. The SMILES string of the molecule is CCCn1c(C)nnc1N=NC1=C(O)c2ccccc2C1=O. The van der Waals surface area contributed by atoms with Gasteiger partial charge in [0.05, 0.1) is 0 Å². The van der Waals surface area contributed by atoms with E-state index in [9.17, 15) is 9.90 Å². The molecule has 0 fully saturated rings. The first-order chi connectivity index (χ1) is 10.6. The Balaban J connectivity index is 1.95. The standard InChI is InChI=1S/C15H15N5O2/c1-3-8-20-9(2)16-18-15(20)19-17-12-13(21)10-6-4-5-7-11(10)14(12)22/h4-7,21H,3,8H2,1-2H3. The first-order valence-corrected chi connectivity index (χ1v) is 7.02. The fraction of sp³-hybridized carbons (Fsp3) is 0.267. The number of aliphatic hydroxyl groups is 1. The topological polar surface area (TPSA) is 92.7 Å². The number of nitrogens with zero attached hydrogens (tertiary/aromatic N) is 5. The van der Waals surface area contributed by atoms with E-state index in [0.717, 1.165) is 12.2 Å². The summed E-state index contributed by atoms with van der Waals surface area (Å²) in [6.07, 6.45) is 0.902. The summed E-state index contributed by atoms with van der Waals surface area (Å²) in [5.41, 5.74) is 0.845. The van der Waals surface area contributed by atoms with Crippen molar-refractivity contribution in [3.63, 3.8) is 0 Å². The molecule has 3 rings (SSSR count). The molecule has 2 aromatic rings. The van der Waals surface area contributed by atoms with Crippen molar-refractivity contribution in [3.05, 3.63) is 46.9 Å². The van der Waals surface area contributed by atoms with Crippen LogP contribution >= 0.6 is 0 Å². The summed E-state index contributed by atoms with van der Waals surface area (Å²) in [5, 5.41) is 25.9. The first kappa shape index (κ1) is 14.1. The van der Waals surface area contributed by atoms with E-state index in [4.69, 9.17) is 0 Å². The third kappa shape index (κ3) is 2.20. The van der Waals surface area contributed by atoms with Gasteiger partial charge in [-0.3, -0.25) is 9.36 Å². The van der Waals surface area contributed by atoms with E-state index in [1.54, 1.807) is 24.3 Å². The molecule has 22 heavy (non-hydrogen) atoms. The number of fused-ring (bicyclic) bond motifs is 1. The van der Waals surface area contributed by atoms with Gasteiger partial charge in [0.2, 0.25) is 5.78 Å². The number of benzene rings is 1. The molecule has 0 unspecified atom stereocenters. The Bertz CT molecular complexity index is 804. The molecule has 0 saturated heterocycles. The molecular formula is C15H15N5O2. The highest BCUT2D eigenvalue weighted by Gasteiger charge is 2.29. The second-order valence-corrected chi connectivity index (χ2v) is 4.97. The molecule has 112 valence electrons. The highest BCUT2D eigenvalue weighted by atomic mass is 16.3. The molecule has 1 heterocycles. The lowest BCUT2D eigenvalue weighted by Gasteiger charge is -2.01. The highest BCUT2D eigenvalue weighted by molar-refractivity contribution is 6.19. The predicted molar refractivity (Wildman–Crippen MR) is 79.9 cm³/mol. The predicted octanol–water partition coefficient (Wildman–Crippen LogP) is 3.20. The Morgan fingerprint density at radius 2 is 1.91 bits per heavy atom. The highest BCUT2D eigenvalue weighted by Crippen LogP contribution is 2.32. The minimum absolute atomic E-state index is 0.0649. The first-order valence-electron chi connectivity index (χ1n) is 7.02. The number of carbonyl (C=O) groups is 1. The van der Waals surface area contributed by atoms with Crippen molar-refractivity contribution in [2.24, 2.45) is 10.2 Å². The van der Waals surface area contributed by atoms with Crippen LogP contribution in [-0.2, 0) is 6.54 Å². The van der Waals surface area contributed by atoms with Crippen LogP contribution < -0.4 is 0 Å². The molecule has 1 aromatic carbocycles. The smallest absolute Gasteiger partial charge is 0.270 e. The minimum Gasteiger partial charge on any atom is -0.505 e. The van der Waals surface area contributed by atoms with E-state index in [1.165, 1.54) is 0 Å². The van der Waals surface area contributed by atoms with Gasteiger partial charge in [0.25, 0.3) is 5.95 Å². The molecule has 1 aliphatic rings. The summed E-state index contributed by atoms with van der Waals surface area (Å²) < 4.78 is 1.81. The van der Waals surface area contributed by atoms with Crippen molar-refractivity contribution in [1.82, 2.24) is 14.8 Å². The number of azo groups is 1. The summed E-state index contributed by atoms with van der Waals surface area (Å²) in [6, 6.07) is 6.82. The molecule has 7 heteroatoms. The minimum atomic E-state index is -0.338. The summed E-state index contributed by atoms with van der Waals surface area (Å²) in [6.45, 7) is 4.58. The van der Waals surface area contributed by atoms with Crippen LogP contribution in [0.15, 0.2) is 40.2 Å². The molecule has 0 radical (unpaired) electrons. The lowest BCUT2D eigenvalue weighted by molar-refractivity contribution is 0.103. The van der Waals surface area contributed by atoms with E-state index in [1.807, 2.05) is 18.4 Å². The lowest BCUT2D eigenvalue weighted by Crippen LogP contribution is -1.99.